The molecule has 0 atom stereocenters. The Morgan fingerprint density at radius 3 is 1.44 bits per heavy atom. The summed E-state index contributed by atoms with van der Waals surface area (Å²) in [5.74, 6) is -0.760. The van der Waals surface area contributed by atoms with E-state index < -0.39 is 5.97 Å². The minimum absolute atomic E-state index is 0.703. The third kappa shape index (κ3) is 6.63. The highest BCUT2D eigenvalue weighted by molar-refractivity contribution is 6.08. The Morgan fingerprint density at radius 2 is 1.19 bits per heavy atom. The van der Waals surface area contributed by atoms with Gasteiger partial charge in [0.05, 0.1) is 19.8 Å². The lowest BCUT2D eigenvalue weighted by molar-refractivity contribution is -0.381. The molecule has 0 aliphatic carbocycles. The van der Waals surface area contributed by atoms with Gasteiger partial charge in [-0.15, -0.1) is 0 Å². The molecule has 0 bridgehead atoms. The van der Waals surface area contributed by atoms with Crippen LogP contribution in [0.15, 0.2) is 0 Å². The van der Waals surface area contributed by atoms with E-state index in [0.717, 1.165) is 42.0 Å². The van der Waals surface area contributed by atoms with E-state index in [1.165, 1.54) is 0 Å². The van der Waals surface area contributed by atoms with Gasteiger partial charge in [-0.05, 0) is 19.3 Å². The molecular formula is C12H28O3Si. The predicted molar refractivity (Wildman–Crippen MR) is 70.8 cm³/mol. The van der Waals surface area contributed by atoms with E-state index in [1.807, 2.05) is 0 Å². The topological polar surface area (TPSA) is 27.7 Å². The largest absolute Gasteiger partial charge is 0.327 e. The molecule has 3 nitrogen and oxygen atoms in total. The molecule has 0 aromatic heterocycles. The summed E-state index contributed by atoms with van der Waals surface area (Å²) >= 11 is 0. The lowest BCUT2D eigenvalue weighted by Crippen LogP contribution is -2.40. The van der Waals surface area contributed by atoms with E-state index in [0.29, 0.717) is 19.8 Å². The Balaban J connectivity index is 4.32. The van der Waals surface area contributed by atoms with E-state index in [4.69, 9.17) is 14.2 Å². The summed E-state index contributed by atoms with van der Waals surface area (Å²) < 4.78 is 17.4. The fraction of sp³-hybridized carbons (Fsp3) is 1.00. The van der Waals surface area contributed by atoms with Crippen LogP contribution in [0.3, 0.4) is 0 Å². The van der Waals surface area contributed by atoms with Gasteiger partial charge in [0.15, 0.2) is 0 Å². The second kappa shape index (κ2) is 10.3. The van der Waals surface area contributed by atoms with Gasteiger partial charge in [0, 0.05) is 16.7 Å². The van der Waals surface area contributed by atoms with Crippen molar-refractivity contribution < 1.29 is 14.2 Å². The molecule has 0 saturated carbocycles. The van der Waals surface area contributed by atoms with E-state index in [9.17, 15) is 0 Å². The SMILES string of the molecule is CCCOC(CC[SiH3])(OCCC)OCCC. The van der Waals surface area contributed by atoms with Gasteiger partial charge in [0.1, 0.15) is 0 Å². The molecule has 0 aromatic carbocycles. The van der Waals surface area contributed by atoms with Crippen LogP contribution in [-0.2, 0) is 14.2 Å². The molecule has 0 aliphatic rings. The molecule has 0 heterocycles. The molecule has 0 radical (unpaired) electrons. The predicted octanol–water partition coefficient (Wildman–Crippen LogP) is 2.09. The molecule has 98 valence electrons. The average molecular weight is 248 g/mol. The van der Waals surface area contributed by atoms with Crippen molar-refractivity contribution in [3.63, 3.8) is 0 Å². The Hall–Kier alpha value is 0.0969. The zero-order chi connectivity index (χ0) is 12.3. The first kappa shape index (κ1) is 16.1. The third-order valence-corrected chi connectivity index (χ3v) is 2.63. The van der Waals surface area contributed by atoms with Crippen LogP contribution in [0.1, 0.15) is 46.5 Å². The van der Waals surface area contributed by atoms with E-state index in [1.54, 1.807) is 0 Å². The summed E-state index contributed by atoms with van der Waals surface area (Å²) in [7, 11) is 1.16. The van der Waals surface area contributed by atoms with Gasteiger partial charge in [-0.2, -0.15) is 0 Å². The van der Waals surface area contributed by atoms with E-state index in [-0.39, 0.29) is 0 Å². The number of rotatable bonds is 11. The standard InChI is InChI=1S/C12H28O3Si/c1-4-8-13-12(7-11-16,14-9-5-2)15-10-6-3/h4-11H2,1-3,16H3. The normalized spacial score (nSPS) is 12.2. The maximum absolute atomic E-state index is 5.80. The van der Waals surface area contributed by atoms with Crippen molar-refractivity contribution in [2.24, 2.45) is 0 Å². The van der Waals surface area contributed by atoms with Gasteiger partial charge in [-0.1, -0.05) is 26.8 Å². The first-order valence-corrected chi connectivity index (χ1v) is 8.07. The quantitative estimate of drug-likeness (QED) is 0.414. The lowest BCUT2D eigenvalue weighted by atomic mass is 10.3. The highest BCUT2D eigenvalue weighted by Crippen LogP contribution is 2.23. The molecule has 0 unspecified atom stereocenters. The summed E-state index contributed by atoms with van der Waals surface area (Å²) in [6.45, 7) is 8.42. The summed E-state index contributed by atoms with van der Waals surface area (Å²) in [6.07, 6.45) is 3.84. The monoisotopic (exact) mass is 248 g/mol. The molecule has 0 N–H and O–H groups in total. The van der Waals surface area contributed by atoms with Crippen LogP contribution >= 0.6 is 0 Å². The van der Waals surface area contributed by atoms with Gasteiger partial charge >= 0.3 is 0 Å². The summed E-state index contributed by atoms with van der Waals surface area (Å²) in [5.41, 5.74) is 0. The van der Waals surface area contributed by atoms with Crippen molar-refractivity contribution in [1.29, 1.82) is 0 Å². The maximum atomic E-state index is 5.80. The fourth-order valence-electron chi connectivity index (χ4n) is 1.42. The third-order valence-electron chi connectivity index (χ3n) is 2.13. The number of hydrogen-bond donors (Lipinski definition) is 0. The van der Waals surface area contributed by atoms with Crippen LogP contribution < -0.4 is 0 Å². The highest BCUT2D eigenvalue weighted by Gasteiger charge is 2.31. The molecular weight excluding hydrogens is 220 g/mol. The van der Waals surface area contributed by atoms with Gasteiger partial charge in [0.25, 0.3) is 5.97 Å². The van der Waals surface area contributed by atoms with Crippen molar-refractivity contribution in [1.82, 2.24) is 0 Å². The van der Waals surface area contributed by atoms with Crippen LogP contribution in [0.25, 0.3) is 0 Å². The Morgan fingerprint density at radius 1 is 0.812 bits per heavy atom. The zero-order valence-electron chi connectivity index (χ0n) is 11.4. The van der Waals surface area contributed by atoms with Crippen LogP contribution in [0, 0.1) is 0 Å². The lowest BCUT2D eigenvalue weighted by Gasteiger charge is -2.33. The highest BCUT2D eigenvalue weighted by atomic mass is 28.1. The van der Waals surface area contributed by atoms with Crippen molar-refractivity contribution in [2.75, 3.05) is 19.8 Å². The molecule has 0 fully saturated rings. The van der Waals surface area contributed by atoms with E-state index >= 15 is 0 Å². The first-order valence-electron chi connectivity index (χ1n) is 6.66. The molecule has 0 aliphatic heterocycles. The maximum Gasteiger partial charge on any atom is 0.282 e. The second-order valence-electron chi connectivity index (χ2n) is 3.98. The summed E-state index contributed by atoms with van der Waals surface area (Å²) in [4.78, 5) is 0. The van der Waals surface area contributed by atoms with Gasteiger partial charge in [-0.25, -0.2) is 0 Å². The van der Waals surface area contributed by atoms with Crippen LogP contribution in [0.5, 0.6) is 0 Å². The minimum atomic E-state index is -0.760. The Kier molecular flexibility index (Phi) is 10.3. The van der Waals surface area contributed by atoms with Gasteiger partial charge < -0.3 is 14.2 Å². The minimum Gasteiger partial charge on any atom is -0.327 e. The smallest absolute Gasteiger partial charge is 0.282 e. The Bertz CT molecular complexity index is 131. The van der Waals surface area contributed by atoms with Gasteiger partial charge in [0.2, 0.25) is 0 Å². The zero-order valence-corrected chi connectivity index (χ0v) is 13.4. The summed E-state index contributed by atoms with van der Waals surface area (Å²) in [6, 6.07) is 1.14. The molecule has 0 spiro atoms. The average Bonchev–Trinajstić information content (AvgIpc) is 2.31. The fourth-order valence-corrected chi connectivity index (χ4v) is 2.03. The number of ether oxygens (including phenoxy) is 3. The van der Waals surface area contributed by atoms with Gasteiger partial charge in [-0.3, -0.25) is 0 Å². The summed E-state index contributed by atoms with van der Waals surface area (Å²) in [5, 5.41) is 0. The van der Waals surface area contributed by atoms with Crippen molar-refractivity contribution in [2.45, 2.75) is 58.5 Å². The number of hydrogen-bond acceptors (Lipinski definition) is 3. The molecule has 0 rings (SSSR count). The Labute approximate surface area is 103 Å². The van der Waals surface area contributed by atoms with E-state index in [2.05, 4.69) is 20.8 Å². The van der Waals surface area contributed by atoms with Crippen molar-refractivity contribution >= 4 is 10.2 Å². The molecule has 0 amide bonds. The molecule has 0 saturated heterocycles. The second-order valence-corrected chi connectivity index (χ2v) is 4.98. The van der Waals surface area contributed by atoms with Crippen LogP contribution in [0.2, 0.25) is 6.04 Å². The molecule has 4 heteroatoms. The molecule has 0 aromatic rings. The van der Waals surface area contributed by atoms with Crippen LogP contribution in [0.4, 0.5) is 0 Å². The van der Waals surface area contributed by atoms with Crippen LogP contribution in [-0.4, -0.2) is 36.0 Å². The molecule has 16 heavy (non-hydrogen) atoms. The van der Waals surface area contributed by atoms with Crippen molar-refractivity contribution in [3.8, 4) is 0 Å². The van der Waals surface area contributed by atoms with Crippen molar-refractivity contribution in [3.05, 3.63) is 0 Å². The first-order chi connectivity index (χ1) is 7.74.